The molecule has 1 aliphatic rings. The maximum atomic E-state index is 12.2. The molecule has 1 fully saturated rings. The Hall–Kier alpha value is -1.46. The zero-order valence-corrected chi connectivity index (χ0v) is 11.9. The number of nitriles is 1. The maximum Gasteiger partial charge on any atom is 0.240 e. The zero-order valence-electron chi connectivity index (χ0n) is 11.1. The largest absolute Gasteiger partial charge is 0.377 e. The van der Waals surface area contributed by atoms with Gasteiger partial charge in [-0.25, -0.2) is 13.1 Å². The van der Waals surface area contributed by atoms with Crippen LogP contribution in [-0.2, 0) is 14.8 Å². The summed E-state index contributed by atoms with van der Waals surface area (Å²) in [5.74, 6) is 0. The minimum atomic E-state index is -3.65. The Bertz CT molecular complexity index is 605. The van der Waals surface area contributed by atoms with Gasteiger partial charge in [0.1, 0.15) is 0 Å². The van der Waals surface area contributed by atoms with E-state index in [9.17, 15) is 8.42 Å². The Morgan fingerprint density at radius 2 is 2.10 bits per heavy atom. The molecule has 7 heteroatoms. The average molecular weight is 295 g/mol. The van der Waals surface area contributed by atoms with E-state index in [-0.39, 0.29) is 17.0 Å². The van der Waals surface area contributed by atoms with Crippen molar-refractivity contribution in [2.75, 3.05) is 6.61 Å². The van der Waals surface area contributed by atoms with Crippen molar-refractivity contribution >= 4 is 10.0 Å². The van der Waals surface area contributed by atoms with Crippen LogP contribution in [0.1, 0.15) is 18.9 Å². The SMILES string of the molecule is CCOC1CC(N)C1NS(=O)(=O)c1ccc(C#N)cc1. The Morgan fingerprint density at radius 3 is 2.60 bits per heavy atom. The molecule has 3 N–H and O–H groups in total. The standard InChI is InChI=1S/C13H17N3O3S/c1-2-19-12-7-11(15)13(12)16-20(17,18)10-5-3-9(8-14)4-6-10/h3-6,11-13,16H,2,7,15H2,1H3. The van der Waals surface area contributed by atoms with Crippen LogP contribution in [0.5, 0.6) is 0 Å². The van der Waals surface area contributed by atoms with E-state index in [1.807, 2.05) is 13.0 Å². The Morgan fingerprint density at radius 1 is 1.45 bits per heavy atom. The molecule has 0 heterocycles. The number of hydrogen-bond acceptors (Lipinski definition) is 5. The summed E-state index contributed by atoms with van der Waals surface area (Å²) >= 11 is 0. The molecule has 0 spiro atoms. The lowest BCUT2D eigenvalue weighted by atomic mass is 9.84. The first-order chi connectivity index (χ1) is 9.47. The van der Waals surface area contributed by atoms with Crippen molar-refractivity contribution in [3.63, 3.8) is 0 Å². The van der Waals surface area contributed by atoms with Crippen LogP contribution in [0.25, 0.3) is 0 Å². The molecule has 1 aromatic carbocycles. The number of rotatable bonds is 5. The molecule has 2 rings (SSSR count). The number of sulfonamides is 1. The number of nitrogens with one attached hydrogen (secondary N) is 1. The van der Waals surface area contributed by atoms with Crippen LogP contribution in [-0.4, -0.2) is 33.2 Å². The Balaban J connectivity index is 2.12. The van der Waals surface area contributed by atoms with Crippen LogP contribution in [0.4, 0.5) is 0 Å². The van der Waals surface area contributed by atoms with E-state index >= 15 is 0 Å². The van der Waals surface area contributed by atoms with Crippen LogP contribution in [0.15, 0.2) is 29.2 Å². The van der Waals surface area contributed by atoms with Gasteiger partial charge < -0.3 is 10.5 Å². The van der Waals surface area contributed by atoms with Crippen LogP contribution in [0.3, 0.4) is 0 Å². The molecule has 0 aromatic heterocycles. The number of hydrogen-bond donors (Lipinski definition) is 2. The van der Waals surface area contributed by atoms with Crippen molar-refractivity contribution in [2.45, 2.75) is 36.4 Å². The highest BCUT2D eigenvalue weighted by atomic mass is 32.2. The normalized spacial score (nSPS) is 25.8. The fourth-order valence-corrected chi connectivity index (χ4v) is 3.46. The molecule has 0 amide bonds. The molecule has 20 heavy (non-hydrogen) atoms. The third-order valence-corrected chi connectivity index (χ3v) is 4.81. The molecule has 0 bridgehead atoms. The van der Waals surface area contributed by atoms with E-state index in [0.717, 1.165) is 0 Å². The van der Waals surface area contributed by atoms with Crippen molar-refractivity contribution < 1.29 is 13.2 Å². The first-order valence-corrected chi connectivity index (χ1v) is 7.86. The van der Waals surface area contributed by atoms with Crippen molar-refractivity contribution in [1.29, 1.82) is 5.26 Å². The molecule has 0 radical (unpaired) electrons. The lowest BCUT2D eigenvalue weighted by Gasteiger charge is -2.42. The van der Waals surface area contributed by atoms with E-state index in [0.29, 0.717) is 18.6 Å². The van der Waals surface area contributed by atoms with Gasteiger partial charge in [-0.1, -0.05) is 0 Å². The second kappa shape index (κ2) is 5.89. The van der Waals surface area contributed by atoms with Gasteiger partial charge in [0, 0.05) is 12.6 Å². The molecular formula is C13H17N3O3S. The lowest BCUT2D eigenvalue weighted by molar-refractivity contribution is -0.0248. The molecule has 108 valence electrons. The monoisotopic (exact) mass is 295 g/mol. The summed E-state index contributed by atoms with van der Waals surface area (Å²) in [6.45, 7) is 2.38. The highest BCUT2D eigenvalue weighted by Crippen LogP contribution is 2.24. The number of nitrogens with zero attached hydrogens (tertiary/aromatic N) is 1. The second-order valence-corrected chi connectivity index (χ2v) is 6.39. The summed E-state index contributed by atoms with van der Waals surface area (Å²) in [6.07, 6.45) is 0.470. The molecule has 1 aromatic rings. The van der Waals surface area contributed by atoms with Gasteiger partial charge in [0.25, 0.3) is 0 Å². The van der Waals surface area contributed by atoms with Gasteiger partial charge in [0.15, 0.2) is 0 Å². The fourth-order valence-electron chi connectivity index (χ4n) is 2.15. The summed E-state index contributed by atoms with van der Waals surface area (Å²) in [5, 5.41) is 8.70. The van der Waals surface area contributed by atoms with Crippen molar-refractivity contribution in [3.8, 4) is 6.07 Å². The summed E-state index contributed by atoms with van der Waals surface area (Å²) in [7, 11) is -3.65. The van der Waals surface area contributed by atoms with E-state index in [1.54, 1.807) is 0 Å². The van der Waals surface area contributed by atoms with Crippen LogP contribution in [0, 0.1) is 11.3 Å². The molecule has 1 saturated carbocycles. The second-order valence-electron chi connectivity index (χ2n) is 4.68. The molecular weight excluding hydrogens is 278 g/mol. The molecule has 6 nitrogen and oxygen atoms in total. The predicted octanol–water partition coefficient (Wildman–Crippen LogP) is 0.341. The maximum absolute atomic E-state index is 12.2. The highest BCUT2D eigenvalue weighted by molar-refractivity contribution is 7.89. The quantitative estimate of drug-likeness (QED) is 0.815. The van der Waals surface area contributed by atoms with Gasteiger partial charge in [-0.05, 0) is 37.6 Å². The van der Waals surface area contributed by atoms with Gasteiger partial charge in [0.05, 0.1) is 28.7 Å². The summed E-state index contributed by atoms with van der Waals surface area (Å²) in [5.41, 5.74) is 6.24. The average Bonchev–Trinajstić information content (AvgIpc) is 2.45. The molecule has 3 atom stereocenters. The topological polar surface area (TPSA) is 105 Å². The molecule has 3 unspecified atom stereocenters. The lowest BCUT2D eigenvalue weighted by Crippen LogP contribution is -2.64. The minimum Gasteiger partial charge on any atom is -0.377 e. The van der Waals surface area contributed by atoms with Gasteiger partial charge >= 0.3 is 0 Å². The first-order valence-electron chi connectivity index (χ1n) is 6.37. The van der Waals surface area contributed by atoms with Crippen molar-refractivity contribution in [2.24, 2.45) is 5.73 Å². The van der Waals surface area contributed by atoms with Crippen LogP contribution < -0.4 is 10.5 Å². The summed E-state index contributed by atoms with van der Waals surface area (Å²) in [4.78, 5) is 0.117. The fraction of sp³-hybridized carbons (Fsp3) is 0.462. The summed E-state index contributed by atoms with van der Waals surface area (Å²) in [6, 6.07) is 7.04. The molecule has 0 saturated heterocycles. The zero-order chi connectivity index (χ0) is 14.8. The Kier molecular flexibility index (Phi) is 4.40. The van der Waals surface area contributed by atoms with Gasteiger partial charge in [-0.3, -0.25) is 0 Å². The van der Waals surface area contributed by atoms with Gasteiger partial charge in [-0.2, -0.15) is 5.26 Å². The van der Waals surface area contributed by atoms with Gasteiger partial charge in [0.2, 0.25) is 10.0 Å². The van der Waals surface area contributed by atoms with Crippen molar-refractivity contribution in [3.05, 3.63) is 29.8 Å². The van der Waals surface area contributed by atoms with Crippen LogP contribution >= 0.6 is 0 Å². The predicted molar refractivity (Wildman–Crippen MR) is 73.3 cm³/mol. The van der Waals surface area contributed by atoms with E-state index in [4.69, 9.17) is 15.7 Å². The number of nitrogens with two attached hydrogens (primary N) is 1. The van der Waals surface area contributed by atoms with Crippen LogP contribution in [0.2, 0.25) is 0 Å². The number of benzene rings is 1. The molecule has 1 aliphatic carbocycles. The number of ether oxygens (including phenoxy) is 1. The first kappa shape index (κ1) is 14.9. The Labute approximate surface area is 118 Å². The van der Waals surface area contributed by atoms with E-state index < -0.39 is 16.1 Å². The van der Waals surface area contributed by atoms with Gasteiger partial charge in [-0.15, -0.1) is 0 Å². The molecule has 0 aliphatic heterocycles. The van der Waals surface area contributed by atoms with E-state index in [2.05, 4.69) is 4.72 Å². The van der Waals surface area contributed by atoms with E-state index in [1.165, 1.54) is 24.3 Å². The highest BCUT2D eigenvalue weighted by Gasteiger charge is 2.41. The third kappa shape index (κ3) is 2.99. The minimum absolute atomic E-state index is 0.117. The third-order valence-electron chi connectivity index (χ3n) is 3.33. The smallest absolute Gasteiger partial charge is 0.240 e. The van der Waals surface area contributed by atoms with Crippen molar-refractivity contribution in [1.82, 2.24) is 4.72 Å². The summed E-state index contributed by atoms with van der Waals surface area (Å²) < 4.78 is 32.5.